The topological polar surface area (TPSA) is 46.3 Å². The lowest BCUT2D eigenvalue weighted by Crippen LogP contribution is -2.49. The van der Waals surface area contributed by atoms with Gasteiger partial charge in [-0.3, -0.25) is 4.79 Å². The molecule has 1 aromatic rings. The number of rotatable bonds is 2. The van der Waals surface area contributed by atoms with Gasteiger partial charge in [0, 0.05) is 15.7 Å². The minimum Gasteiger partial charge on any atom is -0.392 e. The first-order valence-corrected chi connectivity index (χ1v) is 7.44. The lowest BCUT2D eigenvalue weighted by molar-refractivity contribution is 0.0681. The van der Waals surface area contributed by atoms with Gasteiger partial charge < -0.3 is 10.6 Å². The molecule has 1 aliphatic rings. The van der Waals surface area contributed by atoms with E-state index in [1.54, 1.807) is 0 Å². The van der Waals surface area contributed by atoms with Gasteiger partial charge in [0.1, 0.15) is 0 Å². The molecule has 2 rings (SSSR count). The largest absolute Gasteiger partial charge is 0.392 e. The zero-order valence-corrected chi connectivity index (χ0v) is 12.9. The Morgan fingerprint density at radius 2 is 2.22 bits per heavy atom. The third kappa shape index (κ3) is 3.00. The number of thiocarbonyl (C=S) groups is 1. The molecule has 5 heteroatoms. The lowest BCUT2D eigenvalue weighted by atomic mass is 10.0. The first-order chi connectivity index (χ1) is 8.59. The van der Waals surface area contributed by atoms with E-state index in [0.29, 0.717) is 10.6 Å². The van der Waals surface area contributed by atoms with Crippen LogP contribution in [-0.4, -0.2) is 28.4 Å². The standard InChI is InChI=1S/C13H15IN2OS/c14-10-5-3-4-9(8-10)13(17)16-7-2-1-6-11(16)12(15)18/h3-5,8,11H,1-2,6-7H2,(H2,15,18). The molecule has 1 saturated heterocycles. The maximum Gasteiger partial charge on any atom is 0.254 e. The molecule has 1 unspecified atom stereocenters. The molecule has 2 N–H and O–H groups in total. The summed E-state index contributed by atoms with van der Waals surface area (Å²) in [5.41, 5.74) is 6.45. The van der Waals surface area contributed by atoms with Gasteiger partial charge >= 0.3 is 0 Å². The molecule has 18 heavy (non-hydrogen) atoms. The van der Waals surface area contributed by atoms with Gasteiger partial charge in [-0.2, -0.15) is 0 Å². The minimum absolute atomic E-state index is 0.0333. The highest BCUT2D eigenvalue weighted by Gasteiger charge is 2.29. The Kier molecular flexibility index (Phi) is 4.55. The number of likely N-dealkylation sites (tertiary alicyclic amines) is 1. The van der Waals surface area contributed by atoms with Crippen LogP contribution in [0.2, 0.25) is 0 Å². The van der Waals surface area contributed by atoms with Gasteiger partial charge in [-0.1, -0.05) is 18.3 Å². The van der Waals surface area contributed by atoms with Gasteiger partial charge in [-0.15, -0.1) is 0 Å². The Balaban J connectivity index is 2.23. The maximum absolute atomic E-state index is 12.5. The third-order valence-electron chi connectivity index (χ3n) is 3.16. The molecule has 0 radical (unpaired) electrons. The molecule has 0 bridgehead atoms. The first-order valence-electron chi connectivity index (χ1n) is 5.95. The van der Waals surface area contributed by atoms with Crippen molar-refractivity contribution in [3.05, 3.63) is 33.4 Å². The molecule has 0 aliphatic carbocycles. The second-order valence-corrected chi connectivity index (χ2v) is 6.14. The molecule has 1 amide bonds. The van der Waals surface area contributed by atoms with E-state index < -0.39 is 0 Å². The van der Waals surface area contributed by atoms with E-state index >= 15 is 0 Å². The van der Waals surface area contributed by atoms with Crippen molar-refractivity contribution in [2.45, 2.75) is 25.3 Å². The van der Waals surface area contributed by atoms with E-state index in [1.165, 1.54) is 0 Å². The van der Waals surface area contributed by atoms with E-state index in [9.17, 15) is 4.79 Å². The monoisotopic (exact) mass is 374 g/mol. The summed E-state index contributed by atoms with van der Waals surface area (Å²) in [6.45, 7) is 0.742. The summed E-state index contributed by atoms with van der Waals surface area (Å²) >= 11 is 7.28. The second-order valence-electron chi connectivity index (χ2n) is 4.42. The Hall–Kier alpha value is -0.690. The fourth-order valence-electron chi connectivity index (χ4n) is 2.26. The van der Waals surface area contributed by atoms with Crippen LogP contribution in [0, 0.1) is 3.57 Å². The summed E-state index contributed by atoms with van der Waals surface area (Å²) < 4.78 is 1.06. The lowest BCUT2D eigenvalue weighted by Gasteiger charge is -2.35. The predicted molar refractivity (Wildman–Crippen MR) is 84.6 cm³/mol. The van der Waals surface area contributed by atoms with Crippen LogP contribution >= 0.6 is 34.8 Å². The van der Waals surface area contributed by atoms with Crippen LogP contribution < -0.4 is 5.73 Å². The van der Waals surface area contributed by atoms with Gasteiger partial charge in [0.2, 0.25) is 0 Å². The fraction of sp³-hybridized carbons (Fsp3) is 0.385. The van der Waals surface area contributed by atoms with Gasteiger partial charge in [0.25, 0.3) is 5.91 Å². The SMILES string of the molecule is NC(=S)C1CCCCN1C(=O)c1cccc(I)c1. The Morgan fingerprint density at radius 1 is 1.44 bits per heavy atom. The zero-order chi connectivity index (χ0) is 13.1. The average molecular weight is 374 g/mol. The van der Waals surface area contributed by atoms with Crippen LogP contribution in [0.25, 0.3) is 0 Å². The Labute approximate surface area is 126 Å². The number of nitrogens with zero attached hydrogens (tertiary/aromatic N) is 1. The fourth-order valence-corrected chi connectivity index (χ4v) is 3.05. The van der Waals surface area contributed by atoms with Crippen LogP contribution in [0.3, 0.4) is 0 Å². The van der Waals surface area contributed by atoms with E-state index in [0.717, 1.165) is 29.4 Å². The summed E-state index contributed by atoms with van der Waals surface area (Å²) in [4.78, 5) is 14.7. The van der Waals surface area contributed by atoms with Crippen LogP contribution in [0.4, 0.5) is 0 Å². The number of nitrogens with two attached hydrogens (primary N) is 1. The zero-order valence-electron chi connectivity index (χ0n) is 9.93. The van der Waals surface area contributed by atoms with E-state index in [2.05, 4.69) is 22.6 Å². The molecule has 3 nitrogen and oxygen atoms in total. The van der Waals surface area contributed by atoms with Gasteiger partial charge in [0.15, 0.2) is 0 Å². The number of hydrogen-bond acceptors (Lipinski definition) is 2. The van der Waals surface area contributed by atoms with Crippen LogP contribution in [0.1, 0.15) is 29.6 Å². The molecule has 1 heterocycles. The van der Waals surface area contributed by atoms with Gasteiger partial charge in [-0.25, -0.2) is 0 Å². The molecule has 1 aromatic carbocycles. The summed E-state index contributed by atoms with van der Waals surface area (Å²) in [5.74, 6) is 0.0333. The number of amides is 1. The molecule has 0 aromatic heterocycles. The summed E-state index contributed by atoms with van der Waals surface area (Å²) in [5, 5.41) is 0. The number of piperidine rings is 1. The van der Waals surface area contributed by atoms with Gasteiger partial charge in [0.05, 0.1) is 11.0 Å². The van der Waals surface area contributed by atoms with Crippen molar-refractivity contribution in [1.82, 2.24) is 4.90 Å². The molecular formula is C13H15IN2OS. The summed E-state index contributed by atoms with van der Waals surface area (Å²) in [6.07, 6.45) is 2.98. The van der Waals surface area contributed by atoms with Crippen molar-refractivity contribution in [2.24, 2.45) is 5.73 Å². The van der Waals surface area contributed by atoms with Crippen molar-refractivity contribution in [3.63, 3.8) is 0 Å². The number of hydrogen-bond donors (Lipinski definition) is 1. The molecule has 1 atom stereocenters. The second kappa shape index (κ2) is 5.97. The minimum atomic E-state index is -0.0842. The van der Waals surface area contributed by atoms with Crippen LogP contribution in [0.15, 0.2) is 24.3 Å². The van der Waals surface area contributed by atoms with Crippen molar-refractivity contribution >= 4 is 45.7 Å². The smallest absolute Gasteiger partial charge is 0.254 e. The number of halogens is 1. The van der Waals surface area contributed by atoms with E-state index in [-0.39, 0.29) is 11.9 Å². The number of carbonyl (C=O) groups excluding carboxylic acids is 1. The van der Waals surface area contributed by atoms with Crippen molar-refractivity contribution in [2.75, 3.05) is 6.54 Å². The Bertz CT molecular complexity index is 478. The first kappa shape index (κ1) is 13.7. The quantitative estimate of drug-likeness (QED) is 0.640. The molecule has 0 spiro atoms. The van der Waals surface area contributed by atoms with Crippen LogP contribution in [-0.2, 0) is 0 Å². The Morgan fingerprint density at radius 3 is 2.89 bits per heavy atom. The third-order valence-corrected chi connectivity index (χ3v) is 4.11. The highest BCUT2D eigenvalue weighted by Crippen LogP contribution is 2.20. The highest BCUT2D eigenvalue weighted by molar-refractivity contribution is 14.1. The normalized spacial score (nSPS) is 19.6. The van der Waals surface area contributed by atoms with Crippen molar-refractivity contribution in [1.29, 1.82) is 0 Å². The highest BCUT2D eigenvalue weighted by atomic mass is 127. The predicted octanol–water partition coefficient (Wildman–Crippen LogP) is 2.57. The van der Waals surface area contributed by atoms with E-state index in [4.69, 9.17) is 18.0 Å². The molecule has 96 valence electrons. The summed E-state index contributed by atoms with van der Waals surface area (Å²) in [6, 6.07) is 7.52. The number of benzene rings is 1. The molecular weight excluding hydrogens is 359 g/mol. The number of carbonyl (C=O) groups is 1. The summed E-state index contributed by atoms with van der Waals surface area (Å²) in [7, 11) is 0. The maximum atomic E-state index is 12.5. The van der Waals surface area contributed by atoms with Crippen molar-refractivity contribution in [3.8, 4) is 0 Å². The molecule has 0 saturated carbocycles. The molecule has 1 aliphatic heterocycles. The van der Waals surface area contributed by atoms with Gasteiger partial charge in [-0.05, 0) is 60.1 Å². The average Bonchev–Trinajstić information content (AvgIpc) is 2.38. The molecule has 1 fully saturated rings. The van der Waals surface area contributed by atoms with Crippen LogP contribution in [0.5, 0.6) is 0 Å². The van der Waals surface area contributed by atoms with E-state index in [1.807, 2.05) is 29.2 Å². The van der Waals surface area contributed by atoms with Crippen molar-refractivity contribution < 1.29 is 4.79 Å².